The van der Waals surface area contributed by atoms with Crippen molar-refractivity contribution in [3.8, 4) is 0 Å². The average molecular weight is 396 g/mol. The van der Waals surface area contributed by atoms with Gasteiger partial charge >= 0.3 is 5.97 Å². The van der Waals surface area contributed by atoms with Crippen LogP contribution in [0.5, 0.6) is 0 Å². The maximum Gasteiger partial charge on any atom is 0.303 e. The Hall–Kier alpha value is -3.17. The second kappa shape index (κ2) is 7.58. The highest BCUT2D eigenvalue weighted by molar-refractivity contribution is 5.72. The van der Waals surface area contributed by atoms with Gasteiger partial charge in [-0.1, -0.05) is 84.9 Å². The fraction of sp³-hybridized carbons (Fsp3) is 0.222. The van der Waals surface area contributed by atoms with Crippen LogP contribution < -0.4 is 0 Å². The average Bonchev–Trinajstić information content (AvgIpc) is 3.02. The molecule has 3 nitrogen and oxygen atoms in total. The van der Waals surface area contributed by atoms with Crippen LogP contribution >= 0.6 is 0 Å². The van der Waals surface area contributed by atoms with E-state index in [0.717, 1.165) is 17.5 Å². The lowest BCUT2D eigenvalue weighted by atomic mass is 9.82. The topological polar surface area (TPSA) is 35.5 Å². The first-order valence-corrected chi connectivity index (χ1v) is 10.4. The van der Waals surface area contributed by atoms with Gasteiger partial charge < -0.3 is 9.47 Å². The number of benzene rings is 3. The van der Waals surface area contributed by atoms with Crippen LogP contribution in [0.4, 0.5) is 0 Å². The lowest BCUT2D eigenvalue weighted by Gasteiger charge is -2.38. The van der Waals surface area contributed by atoms with Crippen LogP contribution in [0.3, 0.4) is 0 Å². The summed E-state index contributed by atoms with van der Waals surface area (Å²) in [4.78, 5) is 12.1. The van der Waals surface area contributed by atoms with E-state index in [1.54, 1.807) is 0 Å². The van der Waals surface area contributed by atoms with Gasteiger partial charge in [-0.25, -0.2) is 0 Å². The molecule has 0 fully saturated rings. The van der Waals surface area contributed by atoms with Crippen molar-refractivity contribution in [3.63, 3.8) is 0 Å². The minimum atomic E-state index is -0.799. The quantitative estimate of drug-likeness (QED) is 0.526. The number of ether oxygens (including phenoxy) is 2. The van der Waals surface area contributed by atoms with Crippen molar-refractivity contribution in [2.75, 3.05) is 0 Å². The van der Waals surface area contributed by atoms with Crippen molar-refractivity contribution in [1.82, 2.24) is 0 Å². The highest BCUT2D eigenvalue weighted by atomic mass is 16.6. The predicted molar refractivity (Wildman–Crippen MR) is 117 cm³/mol. The standard InChI is InChI=1S/C27H24O3/c1-19(28)29-26(16-20-10-4-2-5-11-20)27-18-22(21-12-6-3-7-13-21)17-25(30-27)23-14-8-9-15-24(23)27/h2-15,18,25-26H,16-17H2,1H3/t25-,26?,27+/m0/s1. The van der Waals surface area contributed by atoms with Gasteiger partial charge in [0.1, 0.15) is 6.10 Å². The Balaban J connectivity index is 1.66. The maximum absolute atomic E-state index is 12.1. The zero-order valence-corrected chi connectivity index (χ0v) is 17.0. The second-order valence-corrected chi connectivity index (χ2v) is 8.01. The number of hydrogen-bond acceptors (Lipinski definition) is 3. The van der Waals surface area contributed by atoms with Gasteiger partial charge in [-0.3, -0.25) is 4.79 Å². The minimum Gasteiger partial charge on any atom is -0.458 e. The molecule has 3 atom stereocenters. The molecule has 1 unspecified atom stereocenters. The molecule has 0 N–H and O–H groups in total. The third kappa shape index (κ3) is 3.25. The van der Waals surface area contributed by atoms with Gasteiger partial charge in [0.05, 0.1) is 6.10 Å². The van der Waals surface area contributed by atoms with Crippen molar-refractivity contribution in [2.24, 2.45) is 0 Å². The van der Waals surface area contributed by atoms with Crippen LogP contribution in [-0.2, 0) is 26.3 Å². The van der Waals surface area contributed by atoms with Gasteiger partial charge in [0.25, 0.3) is 0 Å². The highest BCUT2D eigenvalue weighted by Gasteiger charge is 2.53. The minimum absolute atomic E-state index is 0.0461. The molecule has 3 aromatic carbocycles. The second-order valence-electron chi connectivity index (χ2n) is 8.01. The molecule has 150 valence electrons. The van der Waals surface area contributed by atoms with E-state index in [9.17, 15) is 4.79 Å². The van der Waals surface area contributed by atoms with Gasteiger partial charge in [0.15, 0.2) is 5.60 Å². The van der Waals surface area contributed by atoms with Gasteiger partial charge in [0.2, 0.25) is 0 Å². The lowest BCUT2D eigenvalue weighted by Crippen LogP contribution is -2.43. The molecule has 30 heavy (non-hydrogen) atoms. The highest BCUT2D eigenvalue weighted by Crippen LogP contribution is 2.55. The molecular formula is C27H24O3. The van der Waals surface area contributed by atoms with Crippen molar-refractivity contribution in [1.29, 1.82) is 0 Å². The molecule has 0 amide bonds. The van der Waals surface area contributed by atoms with Gasteiger partial charge in [-0.2, -0.15) is 0 Å². The first-order chi connectivity index (χ1) is 14.7. The summed E-state index contributed by atoms with van der Waals surface area (Å²) in [5, 5.41) is 0. The summed E-state index contributed by atoms with van der Waals surface area (Å²) < 4.78 is 12.6. The zero-order chi connectivity index (χ0) is 20.6. The van der Waals surface area contributed by atoms with E-state index >= 15 is 0 Å². The molecule has 2 aliphatic rings. The number of rotatable bonds is 5. The SMILES string of the molecule is CC(=O)OC(Cc1ccccc1)[C@]12C=C(c3ccccc3)C[C@H](O1)c1ccccc12. The van der Waals surface area contributed by atoms with E-state index in [4.69, 9.17) is 9.47 Å². The molecule has 3 heteroatoms. The number of hydrogen-bond donors (Lipinski definition) is 0. The largest absolute Gasteiger partial charge is 0.458 e. The van der Waals surface area contributed by atoms with Crippen molar-refractivity contribution >= 4 is 11.5 Å². The molecule has 2 heterocycles. The molecule has 0 spiro atoms. The monoisotopic (exact) mass is 396 g/mol. The molecule has 0 aromatic heterocycles. The van der Waals surface area contributed by atoms with Crippen LogP contribution in [0.15, 0.2) is 91.0 Å². The van der Waals surface area contributed by atoms with Crippen LogP contribution in [0.2, 0.25) is 0 Å². The lowest BCUT2D eigenvalue weighted by molar-refractivity contribution is -0.170. The van der Waals surface area contributed by atoms with Gasteiger partial charge in [-0.15, -0.1) is 0 Å². The zero-order valence-electron chi connectivity index (χ0n) is 17.0. The number of carbonyl (C=O) groups excluding carboxylic acids is 1. The Kier molecular flexibility index (Phi) is 4.76. The molecular weight excluding hydrogens is 372 g/mol. The summed E-state index contributed by atoms with van der Waals surface area (Å²) in [5.74, 6) is -0.296. The summed E-state index contributed by atoms with van der Waals surface area (Å²) in [7, 11) is 0. The fourth-order valence-corrected chi connectivity index (χ4v) is 4.78. The Labute approximate surface area is 177 Å². The van der Waals surface area contributed by atoms with Crippen LogP contribution in [-0.4, -0.2) is 12.1 Å². The Bertz CT molecular complexity index is 1090. The molecule has 0 saturated carbocycles. The van der Waals surface area contributed by atoms with E-state index in [0.29, 0.717) is 6.42 Å². The van der Waals surface area contributed by atoms with Crippen molar-refractivity contribution in [3.05, 3.63) is 113 Å². The van der Waals surface area contributed by atoms with E-state index in [2.05, 4.69) is 60.7 Å². The maximum atomic E-state index is 12.1. The molecule has 2 bridgehead atoms. The summed E-state index contributed by atoms with van der Waals surface area (Å²) in [5.41, 5.74) is 5.01. The predicted octanol–water partition coefficient (Wildman–Crippen LogP) is 5.61. The first-order valence-electron chi connectivity index (χ1n) is 10.4. The normalized spacial score (nSPS) is 22.7. The Morgan fingerprint density at radius 1 is 1.00 bits per heavy atom. The summed E-state index contributed by atoms with van der Waals surface area (Å²) >= 11 is 0. The molecule has 0 aliphatic carbocycles. The number of fused-ring (bicyclic) bond motifs is 5. The summed E-state index contributed by atoms with van der Waals surface area (Å²) in [6.07, 6.45) is 3.08. The Morgan fingerprint density at radius 2 is 1.67 bits per heavy atom. The van der Waals surface area contributed by atoms with Gasteiger partial charge in [0, 0.05) is 19.8 Å². The first kappa shape index (κ1) is 18.8. The third-order valence-corrected chi connectivity index (χ3v) is 6.05. The van der Waals surface area contributed by atoms with Crippen molar-refractivity contribution < 1.29 is 14.3 Å². The van der Waals surface area contributed by atoms with Crippen LogP contribution in [0, 0.1) is 0 Å². The fourth-order valence-electron chi connectivity index (χ4n) is 4.78. The molecule has 0 saturated heterocycles. The van der Waals surface area contributed by atoms with Crippen molar-refractivity contribution in [2.45, 2.75) is 37.6 Å². The smallest absolute Gasteiger partial charge is 0.303 e. The van der Waals surface area contributed by atoms with E-state index in [1.165, 1.54) is 23.6 Å². The summed E-state index contributed by atoms with van der Waals surface area (Å²) in [6.45, 7) is 1.47. The van der Waals surface area contributed by atoms with Crippen LogP contribution in [0.25, 0.3) is 5.57 Å². The summed E-state index contributed by atoms with van der Waals surface area (Å²) in [6, 6.07) is 28.9. The number of esters is 1. The molecule has 5 rings (SSSR count). The third-order valence-electron chi connectivity index (χ3n) is 6.05. The Morgan fingerprint density at radius 3 is 2.40 bits per heavy atom. The van der Waals surface area contributed by atoms with E-state index in [-0.39, 0.29) is 12.1 Å². The van der Waals surface area contributed by atoms with E-state index < -0.39 is 11.7 Å². The number of carbonyl (C=O) groups is 1. The molecule has 0 radical (unpaired) electrons. The van der Waals surface area contributed by atoms with Crippen LogP contribution in [0.1, 0.15) is 41.7 Å². The molecule has 3 aromatic rings. The molecule has 2 aliphatic heterocycles. The van der Waals surface area contributed by atoms with Gasteiger partial charge in [-0.05, 0) is 33.9 Å². The van der Waals surface area contributed by atoms with E-state index in [1.807, 2.05) is 30.3 Å².